The Kier molecular flexibility index (Phi) is 10.3. The van der Waals surface area contributed by atoms with Gasteiger partial charge in [-0.1, -0.05) is 249 Å². The number of anilines is 3. The highest BCUT2D eigenvalue weighted by atomic mass is 15.1. The quantitative estimate of drug-likeness (QED) is 0.139. The van der Waals surface area contributed by atoms with Crippen LogP contribution < -0.4 is 4.90 Å². The molecule has 12 aromatic rings. The molecule has 0 bridgehead atoms. The molecule has 348 valence electrons. The fraction of sp³-hybridized carbons (Fsp3) is 0.0411. The summed E-state index contributed by atoms with van der Waals surface area (Å²) in [6.45, 7) is 2.40. The Labute approximate surface area is 434 Å². The van der Waals surface area contributed by atoms with Crippen LogP contribution in [0.5, 0.6) is 0 Å². The van der Waals surface area contributed by atoms with Crippen LogP contribution in [0.2, 0.25) is 0 Å². The molecule has 0 heterocycles. The van der Waals surface area contributed by atoms with Gasteiger partial charge in [-0.25, -0.2) is 0 Å². The van der Waals surface area contributed by atoms with Crippen molar-refractivity contribution in [1.29, 1.82) is 0 Å². The number of fused-ring (bicyclic) bond motifs is 7. The maximum atomic E-state index is 2.46. The molecule has 0 spiro atoms. The number of benzene rings is 12. The number of hydrogen-bond acceptors (Lipinski definition) is 1. The number of nitrogens with zero attached hydrogens (tertiary/aromatic N) is 1. The zero-order valence-corrected chi connectivity index (χ0v) is 41.2. The second-order valence-corrected chi connectivity index (χ2v) is 20.1. The summed E-state index contributed by atoms with van der Waals surface area (Å²) in [6, 6.07) is 108. The summed E-state index contributed by atoms with van der Waals surface area (Å²) in [5.74, 6) is 0. The van der Waals surface area contributed by atoms with Gasteiger partial charge in [0, 0.05) is 22.4 Å². The van der Waals surface area contributed by atoms with Crippen LogP contribution in [0.25, 0.3) is 66.4 Å². The Bertz CT molecular complexity index is 4030. The van der Waals surface area contributed by atoms with Gasteiger partial charge in [0.15, 0.2) is 0 Å². The van der Waals surface area contributed by atoms with Gasteiger partial charge in [0.1, 0.15) is 0 Å². The molecule has 74 heavy (non-hydrogen) atoms. The largest absolute Gasteiger partial charge is 0.310 e. The second-order valence-electron chi connectivity index (χ2n) is 20.1. The molecule has 2 aliphatic rings. The Balaban J connectivity index is 0.928. The first-order chi connectivity index (χ1) is 36.6. The van der Waals surface area contributed by atoms with Crippen LogP contribution >= 0.6 is 0 Å². The van der Waals surface area contributed by atoms with Crippen molar-refractivity contribution in [2.24, 2.45) is 0 Å². The fourth-order valence-electron chi connectivity index (χ4n) is 12.8. The standard InChI is InChI=1S/C73H51N/c1-72(55-24-5-2-6-25-55)67-36-16-13-33-63(67)65-46-42-54(49-69(65)72)62-32-15-18-38-71(62)74(59-30-19-23-53(47-59)61-35-20-22-51-21-11-12-31-60(51)61)58-43-39-50(40-44-58)52-41-45-66-64-34-14-17-37-68(64)73(70(66)48-52,56-26-7-3-8-27-56)57-28-9-4-10-29-57/h2-49H,1H3. The summed E-state index contributed by atoms with van der Waals surface area (Å²) in [5, 5.41) is 2.47. The summed E-state index contributed by atoms with van der Waals surface area (Å²) in [4.78, 5) is 2.46. The molecular weight excluding hydrogens is 891 g/mol. The van der Waals surface area contributed by atoms with Crippen LogP contribution in [0.15, 0.2) is 291 Å². The lowest BCUT2D eigenvalue weighted by Crippen LogP contribution is -2.28. The van der Waals surface area contributed by atoms with Crippen molar-refractivity contribution in [2.75, 3.05) is 4.90 Å². The van der Waals surface area contributed by atoms with Gasteiger partial charge in [0.25, 0.3) is 0 Å². The van der Waals surface area contributed by atoms with E-state index in [-0.39, 0.29) is 5.41 Å². The topological polar surface area (TPSA) is 3.24 Å². The van der Waals surface area contributed by atoms with E-state index in [4.69, 9.17) is 0 Å². The predicted octanol–water partition coefficient (Wildman–Crippen LogP) is 19.0. The van der Waals surface area contributed by atoms with E-state index in [1.807, 2.05) is 0 Å². The first-order valence-electron chi connectivity index (χ1n) is 25.8. The van der Waals surface area contributed by atoms with Crippen LogP contribution in [0, 0.1) is 0 Å². The molecule has 2 aliphatic carbocycles. The van der Waals surface area contributed by atoms with Crippen molar-refractivity contribution in [3.05, 3.63) is 330 Å². The molecule has 12 aromatic carbocycles. The van der Waals surface area contributed by atoms with E-state index in [0.29, 0.717) is 0 Å². The van der Waals surface area contributed by atoms with Crippen molar-refractivity contribution in [2.45, 2.75) is 17.8 Å². The van der Waals surface area contributed by atoms with Crippen LogP contribution in [-0.2, 0) is 10.8 Å². The maximum absolute atomic E-state index is 2.46. The molecule has 1 heteroatoms. The number of hydrogen-bond donors (Lipinski definition) is 0. The van der Waals surface area contributed by atoms with E-state index in [0.717, 1.165) is 22.6 Å². The molecular formula is C73H51N. The highest BCUT2D eigenvalue weighted by molar-refractivity contribution is 5.98. The summed E-state index contributed by atoms with van der Waals surface area (Å²) < 4.78 is 0. The highest BCUT2D eigenvalue weighted by Crippen LogP contribution is 2.57. The Morgan fingerprint density at radius 2 is 0.757 bits per heavy atom. The van der Waals surface area contributed by atoms with Crippen molar-refractivity contribution >= 4 is 27.8 Å². The number of para-hydroxylation sites is 1. The van der Waals surface area contributed by atoms with Gasteiger partial charge in [0.2, 0.25) is 0 Å². The lowest BCUT2D eigenvalue weighted by molar-refractivity contribution is 0.714. The van der Waals surface area contributed by atoms with Gasteiger partial charge in [0.05, 0.1) is 11.1 Å². The van der Waals surface area contributed by atoms with Gasteiger partial charge in [-0.05, 0) is 149 Å². The number of rotatable bonds is 9. The monoisotopic (exact) mass is 941 g/mol. The molecule has 0 amide bonds. The van der Waals surface area contributed by atoms with Gasteiger partial charge in [-0.2, -0.15) is 0 Å². The van der Waals surface area contributed by atoms with Gasteiger partial charge < -0.3 is 4.90 Å². The summed E-state index contributed by atoms with van der Waals surface area (Å²) in [5.41, 5.74) is 23.9. The molecule has 0 saturated carbocycles. The minimum Gasteiger partial charge on any atom is -0.310 e. The zero-order valence-electron chi connectivity index (χ0n) is 41.2. The lowest BCUT2D eigenvalue weighted by atomic mass is 9.67. The van der Waals surface area contributed by atoms with Gasteiger partial charge >= 0.3 is 0 Å². The third kappa shape index (κ3) is 6.70. The first-order valence-corrected chi connectivity index (χ1v) is 25.8. The second kappa shape index (κ2) is 17.5. The van der Waals surface area contributed by atoms with E-state index in [1.165, 1.54) is 99.8 Å². The molecule has 0 aromatic heterocycles. The van der Waals surface area contributed by atoms with Crippen molar-refractivity contribution in [3.63, 3.8) is 0 Å². The fourth-order valence-corrected chi connectivity index (χ4v) is 12.8. The normalized spacial score (nSPS) is 14.7. The molecule has 0 radical (unpaired) electrons. The third-order valence-corrected chi connectivity index (χ3v) is 16.2. The van der Waals surface area contributed by atoms with Crippen LogP contribution in [0.4, 0.5) is 17.1 Å². The van der Waals surface area contributed by atoms with Crippen LogP contribution in [0.1, 0.15) is 45.9 Å². The summed E-state index contributed by atoms with van der Waals surface area (Å²) >= 11 is 0. The average Bonchev–Trinajstić information content (AvgIpc) is 4.00. The van der Waals surface area contributed by atoms with Crippen molar-refractivity contribution in [3.8, 4) is 55.6 Å². The third-order valence-electron chi connectivity index (χ3n) is 16.2. The molecule has 0 aliphatic heterocycles. The summed E-state index contributed by atoms with van der Waals surface area (Å²) in [7, 11) is 0. The first kappa shape index (κ1) is 43.5. The van der Waals surface area contributed by atoms with Crippen LogP contribution in [-0.4, -0.2) is 0 Å². The van der Waals surface area contributed by atoms with E-state index < -0.39 is 5.41 Å². The molecule has 14 rings (SSSR count). The summed E-state index contributed by atoms with van der Waals surface area (Å²) in [6.07, 6.45) is 0. The van der Waals surface area contributed by atoms with Crippen molar-refractivity contribution in [1.82, 2.24) is 0 Å². The smallest absolute Gasteiger partial charge is 0.0713 e. The molecule has 0 fully saturated rings. The minimum absolute atomic E-state index is 0.317. The molecule has 1 unspecified atom stereocenters. The SMILES string of the molecule is CC1(c2ccccc2)c2ccccc2-c2ccc(-c3ccccc3N(c3ccc(-c4ccc5c(c4)C(c4ccccc4)(c4ccccc4)c4ccccc4-5)cc3)c3cccc(-c4cccc5ccccc45)c3)cc21. The lowest BCUT2D eigenvalue weighted by Gasteiger charge is -2.34. The van der Waals surface area contributed by atoms with Crippen LogP contribution in [0.3, 0.4) is 0 Å². The molecule has 0 N–H and O–H groups in total. The Morgan fingerprint density at radius 1 is 0.270 bits per heavy atom. The molecule has 0 saturated heterocycles. The van der Waals surface area contributed by atoms with E-state index in [1.54, 1.807) is 0 Å². The Hall–Kier alpha value is -9.30. The molecule has 1 atom stereocenters. The van der Waals surface area contributed by atoms with E-state index in [2.05, 4.69) is 303 Å². The Morgan fingerprint density at radius 3 is 1.49 bits per heavy atom. The van der Waals surface area contributed by atoms with Crippen molar-refractivity contribution < 1.29 is 0 Å². The van der Waals surface area contributed by atoms with E-state index in [9.17, 15) is 0 Å². The zero-order chi connectivity index (χ0) is 49.2. The van der Waals surface area contributed by atoms with Gasteiger partial charge in [-0.3, -0.25) is 0 Å². The maximum Gasteiger partial charge on any atom is 0.0713 e. The van der Waals surface area contributed by atoms with Gasteiger partial charge in [-0.15, -0.1) is 0 Å². The molecule has 1 nitrogen and oxygen atoms in total. The minimum atomic E-state index is -0.473. The average molecular weight is 942 g/mol. The predicted molar refractivity (Wildman–Crippen MR) is 310 cm³/mol. The highest BCUT2D eigenvalue weighted by Gasteiger charge is 2.46. The van der Waals surface area contributed by atoms with E-state index >= 15 is 0 Å².